The molecule has 0 unspecified atom stereocenters. The highest BCUT2D eigenvalue weighted by molar-refractivity contribution is 5.91. The Kier molecular flexibility index (Phi) is 7.39. The second-order valence-corrected chi connectivity index (χ2v) is 9.10. The predicted molar refractivity (Wildman–Crippen MR) is 155 cm³/mol. The molecule has 0 aromatic heterocycles. The fourth-order valence-corrected chi connectivity index (χ4v) is 4.50. The van der Waals surface area contributed by atoms with Gasteiger partial charge in [-0.1, -0.05) is 121 Å². The zero-order valence-electron chi connectivity index (χ0n) is 20.7. The van der Waals surface area contributed by atoms with E-state index in [4.69, 9.17) is 0 Å². The topological polar surface area (TPSA) is 3.24 Å². The Morgan fingerprint density at radius 1 is 0.556 bits per heavy atom. The number of rotatable bonds is 8. The van der Waals surface area contributed by atoms with Crippen LogP contribution in [0.3, 0.4) is 0 Å². The molecule has 0 aliphatic carbocycles. The van der Waals surface area contributed by atoms with Gasteiger partial charge in [-0.3, -0.25) is 0 Å². The summed E-state index contributed by atoms with van der Waals surface area (Å²) in [5, 5.41) is 0. The first-order valence-corrected chi connectivity index (χ1v) is 12.6. The molecule has 176 valence electrons. The van der Waals surface area contributed by atoms with Crippen LogP contribution in [-0.4, -0.2) is 6.54 Å². The average Bonchev–Trinajstić information content (AvgIpc) is 2.95. The lowest BCUT2D eigenvalue weighted by Crippen LogP contribution is -2.20. The van der Waals surface area contributed by atoms with Crippen molar-refractivity contribution in [2.24, 2.45) is 0 Å². The van der Waals surface area contributed by atoms with E-state index in [9.17, 15) is 0 Å². The van der Waals surface area contributed by atoms with E-state index < -0.39 is 0 Å². The summed E-state index contributed by atoms with van der Waals surface area (Å²) < 4.78 is 0. The highest BCUT2D eigenvalue weighted by Gasteiger charge is 2.11. The van der Waals surface area contributed by atoms with Gasteiger partial charge in [0.25, 0.3) is 0 Å². The number of aryl methyl sites for hydroxylation is 1. The molecule has 0 fully saturated rings. The quantitative estimate of drug-likeness (QED) is 0.207. The Morgan fingerprint density at radius 3 is 1.56 bits per heavy atom. The second-order valence-electron chi connectivity index (χ2n) is 9.10. The van der Waals surface area contributed by atoms with Crippen LogP contribution in [-0.2, 0) is 6.42 Å². The molecular weight excluding hydrogens is 434 g/mol. The second kappa shape index (κ2) is 11.4. The van der Waals surface area contributed by atoms with Crippen LogP contribution in [0.1, 0.15) is 27.8 Å². The lowest BCUT2D eigenvalue weighted by atomic mass is 9.95. The van der Waals surface area contributed by atoms with E-state index in [0.29, 0.717) is 0 Å². The smallest absolute Gasteiger partial charge is 0.0411 e. The van der Waals surface area contributed by atoms with Gasteiger partial charge in [0.1, 0.15) is 0 Å². The minimum atomic E-state index is 0.918. The first-order chi connectivity index (χ1) is 17.8. The summed E-state index contributed by atoms with van der Waals surface area (Å²) in [6.07, 6.45) is 3.27. The maximum atomic E-state index is 2.41. The van der Waals surface area contributed by atoms with Crippen molar-refractivity contribution in [2.45, 2.75) is 13.3 Å². The van der Waals surface area contributed by atoms with E-state index in [1.165, 1.54) is 44.8 Å². The van der Waals surface area contributed by atoms with E-state index in [1.54, 1.807) is 0 Å². The zero-order valence-corrected chi connectivity index (χ0v) is 20.7. The summed E-state index contributed by atoms with van der Waals surface area (Å²) in [4.78, 5) is 2.41. The number of hydrogen-bond acceptors (Lipinski definition) is 1. The van der Waals surface area contributed by atoms with Gasteiger partial charge < -0.3 is 4.90 Å². The average molecular weight is 466 g/mol. The number of nitrogens with zero attached hydrogens (tertiary/aromatic N) is 1. The van der Waals surface area contributed by atoms with Gasteiger partial charge >= 0.3 is 0 Å². The Hall–Kier alpha value is -4.36. The van der Waals surface area contributed by atoms with Crippen LogP contribution in [0.15, 0.2) is 140 Å². The van der Waals surface area contributed by atoms with Crippen molar-refractivity contribution in [1.82, 2.24) is 0 Å². The van der Waals surface area contributed by atoms with Crippen LogP contribution in [0.25, 0.3) is 11.6 Å². The van der Waals surface area contributed by atoms with Crippen LogP contribution < -0.4 is 4.90 Å². The molecule has 0 atom stereocenters. The maximum Gasteiger partial charge on any atom is 0.0411 e. The van der Waals surface area contributed by atoms with Gasteiger partial charge in [0.15, 0.2) is 0 Å². The van der Waals surface area contributed by atoms with Gasteiger partial charge in [-0.15, -0.1) is 0 Å². The third-order valence-corrected chi connectivity index (χ3v) is 6.50. The van der Waals surface area contributed by atoms with E-state index in [1.807, 2.05) is 0 Å². The van der Waals surface area contributed by atoms with E-state index in [0.717, 1.165) is 13.0 Å². The molecule has 36 heavy (non-hydrogen) atoms. The molecule has 0 amide bonds. The summed E-state index contributed by atoms with van der Waals surface area (Å²) in [6, 6.07) is 49.7. The van der Waals surface area contributed by atoms with E-state index in [-0.39, 0.29) is 0 Å². The van der Waals surface area contributed by atoms with Crippen LogP contribution >= 0.6 is 0 Å². The molecule has 0 bridgehead atoms. The van der Waals surface area contributed by atoms with Crippen molar-refractivity contribution in [1.29, 1.82) is 0 Å². The monoisotopic (exact) mass is 465 g/mol. The molecule has 5 aromatic rings. The van der Waals surface area contributed by atoms with Gasteiger partial charge in [0.2, 0.25) is 0 Å². The van der Waals surface area contributed by atoms with Crippen molar-refractivity contribution in [3.05, 3.63) is 167 Å². The zero-order chi connectivity index (χ0) is 24.6. The van der Waals surface area contributed by atoms with Crippen LogP contribution in [0.2, 0.25) is 0 Å². The summed E-state index contributed by atoms with van der Waals surface area (Å²) in [5.74, 6) is 0. The standard InChI is InChI=1S/C35H31N/c1-28-17-21-33(22-18-28)36(26-25-29-11-5-2-6-12-29)34-23-19-30(20-24-34)27-35(31-13-7-3-8-14-31)32-15-9-4-10-16-32/h2-24,27H,25-26H2,1H3. The molecule has 5 rings (SSSR count). The molecule has 0 N–H and O–H groups in total. The summed E-state index contributed by atoms with van der Waals surface area (Å²) >= 11 is 0. The Labute approximate surface area is 215 Å². The number of benzene rings is 5. The van der Waals surface area contributed by atoms with Crippen LogP contribution in [0, 0.1) is 6.92 Å². The normalized spacial score (nSPS) is 10.6. The van der Waals surface area contributed by atoms with Crippen molar-refractivity contribution in [3.63, 3.8) is 0 Å². The van der Waals surface area contributed by atoms with Gasteiger partial charge in [-0.25, -0.2) is 0 Å². The van der Waals surface area contributed by atoms with Gasteiger partial charge in [0.05, 0.1) is 0 Å². The van der Waals surface area contributed by atoms with Gasteiger partial charge in [-0.05, 0) is 71.5 Å². The largest absolute Gasteiger partial charge is 0.341 e. The van der Waals surface area contributed by atoms with E-state index in [2.05, 4.69) is 157 Å². The highest BCUT2D eigenvalue weighted by Crippen LogP contribution is 2.29. The molecule has 1 heteroatoms. The van der Waals surface area contributed by atoms with Crippen molar-refractivity contribution in [2.75, 3.05) is 11.4 Å². The molecular formula is C35H31N. The fraction of sp³-hybridized carbons (Fsp3) is 0.0857. The van der Waals surface area contributed by atoms with Crippen LogP contribution in [0.4, 0.5) is 11.4 Å². The number of hydrogen-bond donors (Lipinski definition) is 0. The van der Waals surface area contributed by atoms with E-state index >= 15 is 0 Å². The molecule has 0 saturated carbocycles. The Balaban J connectivity index is 1.46. The Bertz CT molecular complexity index is 1340. The Morgan fingerprint density at radius 2 is 1.03 bits per heavy atom. The van der Waals surface area contributed by atoms with Crippen molar-refractivity contribution in [3.8, 4) is 0 Å². The van der Waals surface area contributed by atoms with Crippen LogP contribution in [0.5, 0.6) is 0 Å². The molecule has 1 nitrogen and oxygen atoms in total. The molecule has 0 radical (unpaired) electrons. The minimum Gasteiger partial charge on any atom is -0.341 e. The fourth-order valence-electron chi connectivity index (χ4n) is 4.50. The molecule has 0 spiro atoms. The van der Waals surface area contributed by atoms with Gasteiger partial charge in [0, 0.05) is 17.9 Å². The molecule has 0 saturated heterocycles. The number of anilines is 2. The summed E-state index contributed by atoms with van der Waals surface area (Å²) in [5.41, 5.74) is 9.90. The minimum absolute atomic E-state index is 0.918. The SMILES string of the molecule is Cc1ccc(N(CCc2ccccc2)c2ccc(C=C(c3ccccc3)c3ccccc3)cc2)cc1. The van der Waals surface area contributed by atoms with Crippen molar-refractivity contribution >= 4 is 23.0 Å². The molecule has 0 heterocycles. The summed E-state index contributed by atoms with van der Waals surface area (Å²) in [6.45, 7) is 3.05. The molecule has 0 aliphatic rings. The highest BCUT2D eigenvalue weighted by atomic mass is 15.1. The summed E-state index contributed by atoms with van der Waals surface area (Å²) in [7, 11) is 0. The van der Waals surface area contributed by atoms with Crippen molar-refractivity contribution < 1.29 is 0 Å². The van der Waals surface area contributed by atoms with Gasteiger partial charge in [-0.2, -0.15) is 0 Å². The lowest BCUT2D eigenvalue weighted by Gasteiger charge is -2.25. The first-order valence-electron chi connectivity index (χ1n) is 12.6. The molecule has 0 aliphatic heterocycles. The predicted octanol–water partition coefficient (Wildman–Crippen LogP) is 8.96. The first kappa shape index (κ1) is 23.4. The third kappa shape index (κ3) is 5.82. The maximum absolute atomic E-state index is 2.41. The molecule has 5 aromatic carbocycles. The third-order valence-electron chi connectivity index (χ3n) is 6.50. The lowest BCUT2D eigenvalue weighted by molar-refractivity contribution is 0.914.